The molecule has 1 aromatic rings. The first-order valence-corrected chi connectivity index (χ1v) is 9.38. The van der Waals surface area contributed by atoms with E-state index in [2.05, 4.69) is 36.1 Å². The van der Waals surface area contributed by atoms with Crippen LogP contribution in [-0.4, -0.2) is 70.8 Å². The molecule has 0 saturated carbocycles. The number of halogens is 1. The average Bonchev–Trinajstić information content (AvgIpc) is 3.21. The Bertz CT molecular complexity index is 568. The highest BCUT2D eigenvalue weighted by Crippen LogP contribution is 2.21. The third-order valence-corrected chi connectivity index (χ3v) is 5.17. The molecule has 1 amide bonds. The van der Waals surface area contributed by atoms with Crippen molar-refractivity contribution in [2.24, 2.45) is 5.92 Å². The molecule has 142 valence electrons. The molecule has 3 heterocycles. The predicted molar refractivity (Wildman–Crippen MR) is 102 cm³/mol. The van der Waals surface area contributed by atoms with E-state index in [4.69, 9.17) is 0 Å². The van der Waals surface area contributed by atoms with Crippen molar-refractivity contribution < 1.29 is 4.79 Å². The van der Waals surface area contributed by atoms with Gasteiger partial charge in [-0.05, 0) is 18.8 Å². The van der Waals surface area contributed by atoms with E-state index in [0.29, 0.717) is 12.0 Å². The lowest BCUT2D eigenvalue weighted by Gasteiger charge is -2.32. The molecule has 0 radical (unpaired) electrons. The number of nitrogens with zero attached hydrogens (tertiary/aromatic N) is 4. The highest BCUT2D eigenvalue weighted by atomic mass is 35.5. The van der Waals surface area contributed by atoms with Crippen LogP contribution in [-0.2, 0) is 13.0 Å². The fraction of sp³-hybridized carbons (Fsp3) is 0.778. The second-order valence-electron chi connectivity index (χ2n) is 7.41. The van der Waals surface area contributed by atoms with Crippen molar-refractivity contribution in [2.75, 3.05) is 39.3 Å². The Labute approximate surface area is 157 Å². The Morgan fingerprint density at radius 1 is 1.32 bits per heavy atom. The second kappa shape index (κ2) is 9.01. The van der Waals surface area contributed by atoms with Crippen LogP contribution >= 0.6 is 12.4 Å². The molecule has 0 aliphatic carbocycles. The van der Waals surface area contributed by atoms with Crippen molar-refractivity contribution in [1.29, 1.82) is 0 Å². The molecule has 6 nitrogen and oxygen atoms in total. The maximum absolute atomic E-state index is 13.0. The fourth-order valence-corrected chi connectivity index (χ4v) is 3.91. The minimum atomic E-state index is 0. The van der Waals surface area contributed by atoms with Crippen molar-refractivity contribution in [2.45, 2.75) is 46.2 Å². The predicted octanol–water partition coefficient (Wildman–Crippen LogP) is 1.64. The van der Waals surface area contributed by atoms with Gasteiger partial charge in [-0.1, -0.05) is 20.8 Å². The van der Waals surface area contributed by atoms with Crippen LogP contribution in [0.15, 0.2) is 6.20 Å². The van der Waals surface area contributed by atoms with E-state index >= 15 is 0 Å². The smallest absolute Gasteiger partial charge is 0.257 e. The molecule has 7 heteroatoms. The van der Waals surface area contributed by atoms with Crippen LogP contribution in [0.4, 0.5) is 0 Å². The standard InChI is InChI=1S/C18H31N5O.ClH/c1-4-17-16(11-20-23(17)12-14(2)3)18(24)22-8-5-15(13-22)21-9-6-19-7-10-21;/h11,14-15,19H,4-10,12-13H2,1-3H3;1H. The van der Waals surface area contributed by atoms with Crippen LogP contribution in [0.25, 0.3) is 0 Å². The number of hydrogen-bond donors (Lipinski definition) is 1. The number of amides is 1. The molecule has 1 atom stereocenters. The molecular formula is C18H32ClN5O. The van der Waals surface area contributed by atoms with Gasteiger partial charge in [-0.25, -0.2) is 0 Å². The summed E-state index contributed by atoms with van der Waals surface area (Å²) < 4.78 is 2.02. The Balaban J connectivity index is 0.00000225. The number of likely N-dealkylation sites (tertiary alicyclic amines) is 1. The van der Waals surface area contributed by atoms with E-state index in [1.807, 2.05) is 9.58 Å². The Morgan fingerprint density at radius 2 is 2.04 bits per heavy atom. The van der Waals surface area contributed by atoms with Gasteiger partial charge in [0.05, 0.1) is 17.5 Å². The quantitative estimate of drug-likeness (QED) is 0.857. The molecule has 3 rings (SSSR count). The van der Waals surface area contributed by atoms with Gasteiger partial charge in [-0.2, -0.15) is 5.10 Å². The zero-order valence-corrected chi connectivity index (χ0v) is 16.5. The number of piperazine rings is 1. The maximum atomic E-state index is 13.0. The van der Waals surface area contributed by atoms with Crippen LogP contribution in [0.5, 0.6) is 0 Å². The van der Waals surface area contributed by atoms with Gasteiger partial charge < -0.3 is 10.2 Å². The normalized spacial score (nSPS) is 21.6. The third-order valence-electron chi connectivity index (χ3n) is 5.17. The summed E-state index contributed by atoms with van der Waals surface area (Å²) in [5, 5.41) is 7.88. The minimum absolute atomic E-state index is 0. The monoisotopic (exact) mass is 369 g/mol. The Hall–Kier alpha value is -1.11. The summed E-state index contributed by atoms with van der Waals surface area (Å²) in [5.74, 6) is 0.696. The highest BCUT2D eigenvalue weighted by molar-refractivity contribution is 5.95. The summed E-state index contributed by atoms with van der Waals surface area (Å²) in [6, 6.07) is 0.520. The molecule has 2 aliphatic rings. The number of nitrogens with one attached hydrogen (secondary N) is 1. The third kappa shape index (κ3) is 4.54. The summed E-state index contributed by atoms with van der Waals surface area (Å²) >= 11 is 0. The zero-order valence-electron chi connectivity index (χ0n) is 15.7. The maximum Gasteiger partial charge on any atom is 0.257 e. The molecule has 1 N–H and O–H groups in total. The van der Waals surface area contributed by atoms with Crippen LogP contribution in [0.2, 0.25) is 0 Å². The SMILES string of the molecule is CCc1c(C(=O)N2CCC(N3CCNCC3)C2)cnn1CC(C)C.Cl. The van der Waals surface area contributed by atoms with E-state index in [9.17, 15) is 4.79 Å². The molecule has 1 unspecified atom stereocenters. The highest BCUT2D eigenvalue weighted by Gasteiger charge is 2.32. The number of aromatic nitrogens is 2. The van der Waals surface area contributed by atoms with Gasteiger partial charge in [0.1, 0.15) is 0 Å². The summed E-state index contributed by atoms with van der Waals surface area (Å²) in [4.78, 5) is 17.6. The molecule has 2 saturated heterocycles. The van der Waals surface area contributed by atoms with E-state index in [1.54, 1.807) is 6.20 Å². The van der Waals surface area contributed by atoms with Crippen molar-refractivity contribution >= 4 is 18.3 Å². The van der Waals surface area contributed by atoms with Crippen molar-refractivity contribution in [3.8, 4) is 0 Å². The van der Waals surface area contributed by atoms with Gasteiger partial charge in [0.25, 0.3) is 5.91 Å². The largest absolute Gasteiger partial charge is 0.337 e. The summed E-state index contributed by atoms with van der Waals surface area (Å²) in [6.45, 7) is 13.4. The lowest BCUT2D eigenvalue weighted by Crippen LogP contribution is -2.49. The van der Waals surface area contributed by atoms with Gasteiger partial charge in [0, 0.05) is 51.9 Å². The molecule has 0 spiro atoms. The van der Waals surface area contributed by atoms with Crippen molar-refractivity contribution in [1.82, 2.24) is 24.9 Å². The van der Waals surface area contributed by atoms with E-state index < -0.39 is 0 Å². The topological polar surface area (TPSA) is 53.4 Å². The van der Waals surface area contributed by atoms with E-state index in [-0.39, 0.29) is 18.3 Å². The average molecular weight is 370 g/mol. The van der Waals surface area contributed by atoms with Crippen LogP contribution in [0.3, 0.4) is 0 Å². The molecule has 2 aliphatic heterocycles. The van der Waals surface area contributed by atoms with Gasteiger partial charge in [-0.3, -0.25) is 14.4 Å². The lowest BCUT2D eigenvalue weighted by molar-refractivity contribution is 0.0772. The van der Waals surface area contributed by atoms with Crippen LogP contribution < -0.4 is 5.32 Å². The molecule has 0 bridgehead atoms. The van der Waals surface area contributed by atoms with E-state index in [0.717, 1.165) is 69.9 Å². The lowest BCUT2D eigenvalue weighted by atomic mass is 10.1. The number of rotatable bonds is 5. The number of carbonyl (C=O) groups excluding carboxylic acids is 1. The van der Waals surface area contributed by atoms with Gasteiger partial charge in [0.15, 0.2) is 0 Å². The zero-order chi connectivity index (χ0) is 17.1. The summed E-state index contributed by atoms with van der Waals surface area (Å²) in [6.07, 6.45) is 3.72. The summed E-state index contributed by atoms with van der Waals surface area (Å²) in [7, 11) is 0. The Morgan fingerprint density at radius 3 is 2.68 bits per heavy atom. The molecule has 25 heavy (non-hydrogen) atoms. The van der Waals surface area contributed by atoms with E-state index in [1.165, 1.54) is 0 Å². The number of carbonyl (C=O) groups is 1. The summed E-state index contributed by atoms with van der Waals surface area (Å²) in [5.41, 5.74) is 1.89. The fourth-order valence-electron chi connectivity index (χ4n) is 3.91. The van der Waals surface area contributed by atoms with Gasteiger partial charge >= 0.3 is 0 Å². The first kappa shape index (κ1) is 20.2. The van der Waals surface area contributed by atoms with Gasteiger partial charge in [0.2, 0.25) is 0 Å². The molecule has 1 aromatic heterocycles. The molecule has 0 aromatic carbocycles. The van der Waals surface area contributed by atoms with Crippen LogP contribution in [0.1, 0.15) is 43.2 Å². The second-order valence-corrected chi connectivity index (χ2v) is 7.41. The number of hydrogen-bond acceptors (Lipinski definition) is 4. The first-order valence-electron chi connectivity index (χ1n) is 9.38. The van der Waals surface area contributed by atoms with Crippen LogP contribution in [0, 0.1) is 5.92 Å². The first-order chi connectivity index (χ1) is 11.6. The van der Waals surface area contributed by atoms with Crippen molar-refractivity contribution in [3.05, 3.63) is 17.5 Å². The molecule has 2 fully saturated rings. The van der Waals surface area contributed by atoms with Gasteiger partial charge in [-0.15, -0.1) is 12.4 Å². The minimum Gasteiger partial charge on any atom is -0.337 e. The van der Waals surface area contributed by atoms with Crippen molar-refractivity contribution in [3.63, 3.8) is 0 Å². The Kier molecular flexibility index (Phi) is 7.28. The molecular weight excluding hydrogens is 338 g/mol.